The lowest BCUT2D eigenvalue weighted by Gasteiger charge is -2.33. The summed E-state index contributed by atoms with van der Waals surface area (Å²) >= 11 is 1.05. The number of halogens is 3. The van der Waals surface area contributed by atoms with Crippen molar-refractivity contribution in [3.05, 3.63) is 9.93 Å². The summed E-state index contributed by atoms with van der Waals surface area (Å²) < 4.78 is 36.1. The number of nitriles is 1. The second-order valence-electron chi connectivity index (χ2n) is 4.80. The normalized spacial score (nSPS) is 26.7. The smallest absolute Gasteiger partial charge is 0.378 e. The Morgan fingerprint density at radius 3 is 2.29 bits per heavy atom. The van der Waals surface area contributed by atoms with Gasteiger partial charge in [0.2, 0.25) is 0 Å². The zero-order valence-corrected chi connectivity index (χ0v) is 12.0. The Labute approximate surface area is 125 Å². The van der Waals surface area contributed by atoms with Gasteiger partial charge in [0.1, 0.15) is 5.60 Å². The molecule has 4 nitrogen and oxygen atoms in total. The monoisotopic (exact) mass is 323 g/mol. The van der Waals surface area contributed by atoms with E-state index in [2.05, 4.69) is 12.0 Å². The molecule has 0 amide bonds. The Morgan fingerprint density at radius 2 is 1.90 bits per heavy atom. The second kappa shape index (κ2) is 8.91. The first kappa shape index (κ1) is 19.8. The summed E-state index contributed by atoms with van der Waals surface area (Å²) in [6.07, 6.45) is 2.15. The van der Waals surface area contributed by atoms with E-state index in [0.29, 0.717) is 25.7 Å². The topological polar surface area (TPSA) is 78.2 Å². The quantitative estimate of drug-likeness (QED) is 0.804. The molecule has 0 aromatic rings. The molecule has 0 bridgehead atoms. The number of rotatable bonds is 4. The third-order valence-electron chi connectivity index (χ3n) is 3.36. The fraction of sp³-hybridized carbons (Fsp3) is 0.769. The van der Waals surface area contributed by atoms with Crippen LogP contribution in [0, 0.1) is 39.5 Å². The molecule has 1 N–H and O–H groups in total. The molecule has 0 spiro atoms. The molecule has 0 aromatic heterocycles. The van der Waals surface area contributed by atoms with Crippen LogP contribution in [0.15, 0.2) is 0 Å². The van der Waals surface area contributed by atoms with Gasteiger partial charge in [0.05, 0.1) is 17.7 Å². The lowest BCUT2D eigenvalue weighted by molar-refractivity contribution is -0.129. The Hall–Kier alpha value is -1.25. The molecule has 21 heavy (non-hydrogen) atoms. The van der Waals surface area contributed by atoms with E-state index < -0.39 is 23.4 Å². The zero-order chi connectivity index (χ0) is 16.5. The minimum absolute atomic E-state index is 0.0110. The average molecular weight is 323 g/mol. The first-order valence-electron chi connectivity index (χ1n) is 6.24. The molecule has 8 heteroatoms. The number of thioether (sulfide) groups is 1. The molecule has 1 saturated carbocycles. The standard InChI is InChI=1S/C13H16F3NOS.O2/c1-2-12(18)5-3-10(4-6-12)11(9-17)19-8-7-13(14,15)16;1-2/h1,10-11,18H,3-8H2;. The summed E-state index contributed by atoms with van der Waals surface area (Å²) in [4.78, 5) is 14.0. The zero-order valence-electron chi connectivity index (χ0n) is 11.2. The second-order valence-corrected chi connectivity index (χ2v) is 6.05. The van der Waals surface area contributed by atoms with Crippen molar-refractivity contribution in [1.82, 2.24) is 0 Å². The highest BCUT2D eigenvalue weighted by Crippen LogP contribution is 2.37. The van der Waals surface area contributed by atoms with E-state index in [4.69, 9.17) is 21.6 Å². The summed E-state index contributed by atoms with van der Waals surface area (Å²) in [7, 11) is 0. The molecule has 118 valence electrons. The SMILES string of the molecule is C#CC1(O)CCC(C(C#N)SCCC(F)(F)F)CC1.O=O. The Kier molecular flexibility index (Phi) is 8.38. The maximum atomic E-state index is 12.0. The number of hydrogen-bond acceptors (Lipinski definition) is 5. The van der Waals surface area contributed by atoms with Crippen molar-refractivity contribution in [2.75, 3.05) is 5.75 Å². The molecular weight excluding hydrogens is 307 g/mol. The molecule has 1 rings (SSSR count). The number of alkyl halides is 3. The lowest BCUT2D eigenvalue weighted by Crippen LogP contribution is -2.35. The predicted octanol–water partition coefficient (Wildman–Crippen LogP) is 3.19. The molecule has 1 aliphatic carbocycles. The van der Waals surface area contributed by atoms with Gasteiger partial charge in [-0.15, -0.1) is 18.2 Å². The van der Waals surface area contributed by atoms with E-state index in [9.17, 15) is 18.3 Å². The summed E-state index contributed by atoms with van der Waals surface area (Å²) in [5, 5.41) is 18.4. The van der Waals surface area contributed by atoms with Gasteiger partial charge >= 0.3 is 6.18 Å². The van der Waals surface area contributed by atoms with Crippen molar-refractivity contribution in [1.29, 1.82) is 5.26 Å². The van der Waals surface area contributed by atoms with Crippen LogP contribution in [0.1, 0.15) is 32.1 Å². The highest BCUT2D eigenvalue weighted by atomic mass is 32.2. The van der Waals surface area contributed by atoms with Gasteiger partial charge in [-0.05, 0) is 31.6 Å². The molecule has 0 heterocycles. The van der Waals surface area contributed by atoms with Gasteiger partial charge in [0.15, 0.2) is 0 Å². The average Bonchev–Trinajstić information content (AvgIpc) is 2.46. The van der Waals surface area contributed by atoms with Crippen LogP contribution in [-0.2, 0) is 0 Å². The van der Waals surface area contributed by atoms with Gasteiger partial charge < -0.3 is 5.11 Å². The van der Waals surface area contributed by atoms with E-state index in [-0.39, 0.29) is 11.7 Å². The maximum Gasteiger partial charge on any atom is 0.389 e. The van der Waals surface area contributed by atoms with Crippen LogP contribution in [0.3, 0.4) is 0 Å². The fourth-order valence-electron chi connectivity index (χ4n) is 2.15. The van der Waals surface area contributed by atoms with E-state index in [1.165, 1.54) is 0 Å². The molecule has 0 saturated heterocycles. The Balaban J connectivity index is 0.00000191. The first-order chi connectivity index (χ1) is 9.79. The van der Waals surface area contributed by atoms with Crippen molar-refractivity contribution in [2.24, 2.45) is 5.92 Å². The van der Waals surface area contributed by atoms with Gasteiger partial charge in [0, 0.05) is 15.7 Å². The van der Waals surface area contributed by atoms with Crippen molar-refractivity contribution in [3.63, 3.8) is 0 Å². The van der Waals surface area contributed by atoms with Gasteiger partial charge in [0.25, 0.3) is 0 Å². The third kappa shape index (κ3) is 7.35. The van der Waals surface area contributed by atoms with Crippen LogP contribution < -0.4 is 0 Å². The Bertz CT molecular complexity index is 395. The van der Waals surface area contributed by atoms with Crippen LogP contribution in [0.5, 0.6) is 0 Å². The van der Waals surface area contributed by atoms with Crippen molar-refractivity contribution in [3.8, 4) is 18.4 Å². The summed E-state index contributed by atoms with van der Waals surface area (Å²) in [5.41, 5.74) is -1.10. The maximum absolute atomic E-state index is 12.0. The predicted molar refractivity (Wildman–Crippen MR) is 75.0 cm³/mol. The molecule has 1 atom stereocenters. The van der Waals surface area contributed by atoms with Crippen LogP contribution in [-0.4, -0.2) is 27.9 Å². The van der Waals surface area contributed by atoms with Gasteiger partial charge in [-0.3, -0.25) is 0 Å². The van der Waals surface area contributed by atoms with Crippen LogP contribution >= 0.6 is 11.8 Å². The number of terminal acetylenes is 1. The van der Waals surface area contributed by atoms with E-state index in [1.54, 1.807) is 0 Å². The lowest BCUT2D eigenvalue weighted by atomic mass is 9.78. The van der Waals surface area contributed by atoms with E-state index in [0.717, 1.165) is 11.8 Å². The van der Waals surface area contributed by atoms with Crippen LogP contribution in [0.4, 0.5) is 13.2 Å². The fourth-order valence-corrected chi connectivity index (χ4v) is 3.37. The molecule has 0 radical (unpaired) electrons. The van der Waals surface area contributed by atoms with E-state index in [1.807, 2.05) is 0 Å². The molecular formula is C13H16F3NO3S. The number of nitrogens with zero attached hydrogens (tertiary/aromatic N) is 1. The first-order valence-corrected chi connectivity index (χ1v) is 7.29. The molecule has 1 fully saturated rings. The van der Waals surface area contributed by atoms with Crippen molar-refractivity contribution < 1.29 is 18.3 Å². The van der Waals surface area contributed by atoms with E-state index >= 15 is 0 Å². The Morgan fingerprint density at radius 1 is 1.38 bits per heavy atom. The number of hydrogen-bond donors (Lipinski definition) is 1. The van der Waals surface area contributed by atoms with Gasteiger partial charge in [-0.2, -0.15) is 18.4 Å². The molecule has 0 aromatic carbocycles. The largest absolute Gasteiger partial charge is 0.389 e. The highest BCUT2D eigenvalue weighted by Gasteiger charge is 2.35. The summed E-state index contributed by atoms with van der Waals surface area (Å²) in [5.74, 6) is 2.25. The van der Waals surface area contributed by atoms with Crippen molar-refractivity contribution >= 4 is 11.8 Å². The van der Waals surface area contributed by atoms with Crippen molar-refractivity contribution in [2.45, 2.75) is 49.1 Å². The summed E-state index contributed by atoms with van der Waals surface area (Å²) in [6, 6.07) is 2.07. The minimum atomic E-state index is -4.18. The van der Waals surface area contributed by atoms with Gasteiger partial charge in [-0.25, -0.2) is 0 Å². The molecule has 1 aliphatic rings. The minimum Gasteiger partial charge on any atom is -0.378 e. The summed E-state index contributed by atoms with van der Waals surface area (Å²) in [6.45, 7) is 0. The molecule has 0 aliphatic heterocycles. The third-order valence-corrected chi connectivity index (χ3v) is 4.65. The molecule has 1 unspecified atom stereocenters. The highest BCUT2D eigenvalue weighted by molar-refractivity contribution is 8.00. The van der Waals surface area contributed by atoms with Crippen LogP contribution in [0.2, 0.25) is 0 Å². The number of aliphatic hydroxyl groups is 1. The van der Waals surface area contributed by atoms with Crippen LogP contribution in [0.25, 0.3) is 0 Å². The van der Waals surface area contributed by atoms with Gasteiger partial charge in [-0.1, -0.05) is 5.92 Å².